The van der Waals surface area contributed by atoms with E-state index < -0.39 is 22.2 Å². The Balaban J connectivity index is 2.32. The van der Waals surface area contributed by atoms with E-state index in [0.29, 0.717) is 10.6 Å². The molecule has 21 heavy (non-hydrogen) atoms. The molecule has 0 bridgehead atoms. The van der Waals surface area contributed by atoms with Crippen LogP contribution in [-0.4, -0.2) is 12.4 Å². The summed E-state index contributed by atoms with van der Waals surface area (Å²) in [5.41, 5.74) is 0.472. The van der Waals surface area contributed by atoms with Gasteiger partial charge in [0.1, 0.15) is 9.81 Å². The highest BCUT2D eigenvalue weighted by Crippen LogP contribution is 2.59. The number of benzene rings is 1. The molecule has 0 atom stereocenters. The highest BCUT2D eigenvalue weighted by atomic mass is 35.5. The molecule has 0 saturated heterocycles. The van der Waals surface area contributed by atoms with Crippen molar-refractivity contribution in [2.75, 3.05) is 0 Å². The van der Waals surface area contributed by atoms with E-state index in [4.69, 9.17) is 11.6 Å². The fraction of sp³-hybridized carbons (Fsp3) is 0.167. The summed E-state index contributed by atoms with van der Waals surface area (Å²) < 4.78 is 75.9. The smallest absolute Gasteiger partial charge is 0.166 e. The monoisotopic (exact) mass is 362 g/mol. The molecule has 0 spiro atoms. The molecule has 0 amide bonds. The molecule has 9 heteroatoms. The predicted octanol–water partition coefficient (Wildman–Crippen LogP) is 6.45. The second-order valence-corrected chi connectivity index (χ2v) is 6.67. The number of halogens is 7. The van der Waals surface area contributed by atoms with Gasteiger partial charge in [-0.1, -0.05) is 47.3 Å². The minimum atomic E-state index is -5.03. The summed E-state index contributed by atoms with van der Waals surface area (Å²) in [7, 11) is 0. The zero-order chi connectivity index (χ0) is 15.8. The van der Waals surface area contributed by atoms with E-state index in [2.05, 4.69) is 0 Å². The van der Waals surface area contributed by atoms with Gasteiger partial charge in [-0.2, -0.15) is 26.3 Å². The molecule has 1 aromatic rings. The lowest BCUT2D eigenvalue weighted by molar-refractivity contribution is -0.103. The van der Waals surface area contributed by atoms with Gasteiger partial charge in [0.25, 0.3) is 0 Å². The third-order valence-electron chi connectivity index (χ3n) is 2.28. The molecule has 0 radical (unpaired) electrons. The molecule has 1 aromatic carbocycles. The van der Waals surface area contributed by atoms with E-state index in [-0.39, 0.29) is 27.8 Å². The Morgan fingerprint density at radius 2 is 1.24 bits per heavy atom. The van der Waals surface area contributed by atoms with Crippen LogP contribution >= 0.6 is 35.1 Å². The summed E-state index contributed by atoms with van der Waals surface area (Å²) in [5.74, 6) is 0. The van der Waals surface area contributed by atoms with Crippen molar-refractivity contribution >= 4 is 41.2 Å². The molecule has 114 valence electrons. The third kappa shape index (κ3) is 4.14. The number of alkyl halides is 6. The summed E-state index contributed by atoms with van der Waals surface area (Å²) in [5, 5.41) is 0.425. The van der Waals surface area contributed by atoms with Crippen LogP contribution in [0.5, 0.6) is 0 Å². The van der Waals surface area contributed by atoms with E-state index in [9.17, 15) is 26.3 Å². The van der Waals surface area contributed by atoms with Gasteiger partial charge in [-0.3, -0.25) is 0 Å². The van der Waals surface area contributed by atoms with Crippen molar-refractivity contribution in [3.63, 3.8) is 0 Å². The fourth-order valence-corrected chi connectivity index (χ4v) is 3.93. The van der Waals surface area contributed by atoms with E-state index >= 15 is 0 Å². The normalized spacial score (nSPS) is 16.6. The van der Waals surface area contributed by atoms with E-state index in [1.165, 1.54) is 30.3 Å². The largest absolute Gasteiger partial charge is 0.423 e. The van der Waals surface area contributed by atoms with Gasteiger partial charge in [-0.05, 0) is 23.8 Å². The van der Waals surface area contributed by atoms with Gasteiger partial charge in [0.15, 0.2) is 0 Å². The minimum absolute atomic E-state index is 0.0773. The van der Waals surface area contributed by atoms with Crippen LogP contribution in [0.1, 0.15) is 5.56 Å². The van der Waals surface area contributed by atoms with Crippen molar-refractivity contribution in [2.45, 2.75) is 12.4 Å². The summed E-state index contributed by atoms with van der Waals surface area (Å²) in [4.78, 5) is -3.25. The van der Waals surface area contributed by atoms with Crippen LogP contribution in [0, 0.1) is 0 Å². The molecule has 0 saturated carbocycles. The first-order chi connectivity index (χ1) is 9.57. The minimum Gasteiger partial charge on any atom is -0.166 e. The van der Waals surface area contributed by atoms with Crippen LogP contribution in [0.25, 0.3) is 6.08 Å². The zero-order valence-electron chi connectivity index (χ0n) is 9.85. The first-order valence-electron chi connectivity index (χ1n) is 5.29. The number of hydrogen-bond acceptors (Lipinski definition) is 2. The summed E-state index contributed by atoms with van der Waals surface area (Å²) >= 11 is 5.81. The van der Waals surface area contributed by atoms with Gasteiger partial charge in [0.05, 0.1) is 4.24 Å². The van der Waals surface area contributed by atoms with Crippen LogP contribution in [0.2, 0.25) is 5.02 Å². The van der Waals surface area contributed by atoms with Crippen LogP contribution in [0.15, 0.2) is 38.3 Å². The lowest BCUT2D eigenvalue weighted by atomic mass is 10.2. The Morgan fingerprint density at radius 3 is 1.62 bits per heavy atom. The average molecular weight is 363 g/mol. The number of thioether (sulfide) groups is 2. The lowest BCUT2D eigenvalue weighted by Crippen LogP contribution is -2.16. The number of allylic oxidation sites excluding steroid dienone is 2. The molecule has 1 aliphatic heterocycles. The second-order valence-electron chi connectivity index (χ2n) is 3.87. The third-order valence-corrected chi connectivity index (χ3v) is 5.08. The molecule has 0 aromatic heterocycles. The summed E-state index contributed by atoms with van der Waals surface area (Å²) in [6.45, 7) is 0. The Morgan fingerprint density at radius 1 is 0.810 bits per heavy atom. The predicted molar refractivity (Wildman–Crippen MR) is 73.7 cm³/mol. The van der Waals surface area contributed by atoms with Crippen LogP contribution in [0.3, 0.4) is 0 Å². The molecule has 0 fully saturated rings. The first kappa shape index (κ1) is 16.6. The Hall–Kier alpha value is -0.730. The Labute approximate surface area is 129 Å². The SMILES string of the molecule is FC(F)(F)C1=C(C(F)(F)F)SC(=Cc2ccc(Cl)cc2)S1. The molecular weight excluding hydrogens is 358 g/mol. The molecule has 0 nitrogen and oxygen atoms in total. The molecule has 0 aliphatic carbocycles. The van der Waals surface area contributed by atoms with Gasteiger partial charge in [0.2, 0.25) is 0 Å². The van der Waals surface area contributed by atoms with Crippen molar-refractivity contribution in [3.05, 3.63) is 48.9 Å². The number of hydrogen-bond donors (Lipinski definition) is 0. The van der Waals surface area contributed by atoms with Gasteiger partial charge < -0.3 is 0 Å². The summed E-state index contributed by atoms with van der Waals surface area (Å²) in [6, 6.07) is 6.02. The zero-order valence-corrected chi connectivity index (χ0v) is 12.2. The molecule has 1 heterocycles. The quantitative estimate of drug-likeness (QED) is 0.526. The van der Waals surface area contributed by atoms with Crippen LogP contribution in [0.4, 0.5) is 26.3 Å². The molecule has 1 aliphatic rings. The average Bonchev–Trinajstić information content (AvgIpc) is 2.76. The lowest BCUT2D eigenvalue weighted by Gasteiger charge is -2.10. The van der Waals surface area contributed by atoms with E-state index in [1.54, 1.807) is 0 Å². The maximum Gasteiger partial charge on any atom is 0.423 e. The fourth-order valence-electron chi connectivity index (χ4n) is 1.44. The first-order valence-corrected chi connectivity index (χ1v) is 7.30. The molecule has 0 N–H and O–H groups in total. The standard InChI is InChI=1S/C12H5ClF6S2/c13-7-3-1-6(2-4-7)5-8-20-9(11(14,15)16)10(21-8)12(17,18)19/h1-5H. The Bertz CT molecular complexity index is 570. The topological polar surface area (TPSA) is 0 Å². The van der Waals surface area contributed by atoms with Gasteiger partial charge in [-0.15, -0.1) is 0 Å². The molecule has 2 rings (SSSR count). The van der Waals surface area contributed by atoms with Crippen molar-refractivity contribution in [2.24, 2.45) is 0 Å². The van der Waals surface area contributed by atoms with E-state index in [0.717, 1.165) is 0 Å². The van der Waals surface area contributed by atoms with Crippen LogP contribution < -0.4 is 0 Å². The highest BCUT2D eigenvalue weighted by Gasteiger charge is 2.50. The van der Waals surface area contributed by atoms with Crippen molar-refractivity contribution in [1.29, 1.82) is 0 Å². The maximum absolute atomic E-state index is 12.7. The second kappa shape index (κ2) is 5.81. The molecule has 0 unspecified atom stereocenters. The van der Waals surface area contributed by atoms with Gasteiger partial charge >= 0.3 is 12.4 Å². The summed E-state index contributed by atoms with van der Waals surface area (Å²) in [6.07, 6.45) is -8.80. The van der Waals surface area contributed by atoms with Crippen molar-refractivity contribution in [1.82, 2.24) is 0 Å². The van der Waals surface area contributed by atoms with E-state index in [1.807, 2.05) is 0 Å². The van der Waals surface area contributed by atoms with Crippen LogP contribution in [-0.2, 0) is 0 Å². The van der Waals surface area contributed by atoms with Crippen molar-refractivity contribution in [3.8, 4) is 0 Å². The highest BCUT2D eigenvalue weighted by molar-refractivity contribution is 8.28. The van der Waals surface area contributed by atoms with Gasteiger partial charge in [0, 0.05) is 5.02 Å². The van der Waals surface area contributed by atoms with Crippen molar-refractivity contribution < 1.29 is 26.3 Å². The maximum atomic E-state index is 12.7. The number of rotatable bonds is 1. The molecular formula is C12H5ClF6S2. The Kier molecular flexibility index (Phi) is 4.60. The van der Waals surface area contributed by atoms with Gasteiger partial charge in [-0.25, -0.2) is 0 Å².